The molecule has 1 atom stereocenters. The summed E-state index contributed by atoms with van der Waals surface area (Å²) in [5.41, 5.74) is 4.73. The molecular weight excluding hydrogens is 378 g/mol. The third kappa shape index (κ3) is 3.97. The van der Waals surface area contributed by atoms with E-state index in [4.69, 9.17) is 0 Å². The molecule has 0 spiro atoms. The number of para-hydroxylation sites is 1. The number of rotatable bonds is 3. The van der Waals surface area contributed by atoms with Crippen molar-refractivity contribution in [2.75, 3.05) is 11.4 Å². The first-order valence-corrected chi connectivity index (χ1v) is 11.0. The van der Waals surface area contributed by atoms with Crippen molar-refractivity contribution in [3.8, 4) is 0 Å². The lowest BCUT2D eigenvalue weighted by Crippen LogP contribution is -2.48. The van der Waals surface area contributed by atoms with E-state index in [1.54, 1.807) is 0 Å². The monoisotopic (exact) mass is 405 g/mol. The zero-order chi connectivity index (χ0) is 20.6. The van der Waals surface area contributed by atoms with Gasteiger partial charge in [-0.1, -0.05) is 31.2 Å². The van der Waals surface area contributed by atoms with Gasteiger partial charge in [0, 0.05) is 17.8 Å². The average molecular weight is 406 g/mol. The Bertz CT molecular complexity index is 994. The Balaban J connectivity index is 1.62. The first-order chi connectivity index (χ1) is 13.9. The van der Waals surface area contributed by atoms with Crippen LogP contribution in [0.1, 0.15) is 51.2 Å². The fourth-order valence-electron chi connectivity index (χ4n) is 4.45. The van der Waals surface area contributed by atoms with Crippen LogP contribution < -0.4 is 10.2 Å². The highest BCUT2D eigenvalue weighted by Crippen LogP contribution is 2.43. The molecule has 1 fully saturated rings. The number of carbonyl (C=O) groups is 1. The van der Waals surface area contributed by atoms with Crippen LogP contribution in [0.25, 0.3) is 6.08 Å². The molecule has 0 saturated carbocycles. The summed E-state index contributed by atoms with van der Waals surface area (Å²) in [6.07, 6.45) is 3.09. The van der Waals surface area contributed by atoms with E-state index in [9.17, 15) is 4.79 Å². The largest absolute Gasteiger partial charge is 0.366 e. The van der Waals surface area contributed by atoms with Crippen molar-refractivity contribution < 1.29 is 4.79 Å². The quantitative estimate of drug-likeness (QED) is 0.667. The number of amidine groups is 1. The van der Waals surface area contributed by atoms with Crippen molar-refractivity contribution in [1.29, 1.82) is 0 Å². The van der Waals surface area contributed by atoms with Gasteiger partial charge in [0.05, 0.1) is 10.6 Å². The number of thioether (sulfide) groups is 1. The molecule has 1 saturated heterocycles. The van der Waals surface area contributed by atoms with Gasteiger partial charge in [0.15, 0.2) is 5.17 Å². The Labute approximate surface area is 177 Å². The summed E-state index contributed by atoms with van der Waals surface area (Å²) in [5, 5.41) is 3.49. The Hall–Kier alpha value is -2.53. The van der Waals surface area contributed by atoms with Gasteiger partial charge in [-0.3, -0.25) is 4.79 Å². The summed E-state index contributed by atoms with van der Waals surface area (Å²) in [6, 6.07) is 16.2. The van der Waals surface area contributed by atoms with Crippen molar-refractivity contribution in [3.05, 3.63) is 64.6 Å². The van der Waals surface area contributed by atoms with E-state index in [1.807, 2.05) is 36.4 Å². The fourth-order valence-corrected chi connectivity index (χ4v) is 5.29. The highest BCUT2D eigenvalue weighted by Gasteiger charge is 2.35. The molecule has 4 rings (SSSR count). The number of fused-ring (bicyclic) bond motifs is 1. The minimum Gasteiger partial charge on any atom is -0.366 e. The van der Waals surface area contributed by atoms with Crippen molar-refractivity contribution in [3.63, 3.8) is 0 Å². The molecule has 1 unspecified atom stereocenters. The van der Waals surface area contributed by atoms with Crippen molar-refractivity contribution in [2.45, 2.75) is 45.6 Å². The Morgan fingerprint density at radius 2 is 2.00 bits per heavy atom. The second-order valence-corrected chi connectivity index (χ2v) is 9.33. The highest BCUT2D eigenvalue weighted by molar-refractivity contribution is 8.18. The van der Waals surface area contributed by atoms with Gasteiger partial charge in [0.25, 0.3) is 5.91 Å². The van der Waals surface area contributed by atoms with Gasteiger partial charge >= 0.3 is 0 Å². The fraction of sp³-hybridized carbons (Fsp3) is 0.333. The van der Waals surface area contributed by atoms with Crippen LogP contribution in [0, 0.1) is 0 Å². The van der Waals surface area contributed by atoms with E-state index >= 15 is 0 Å². The van der Waals surface area contributed by atoms with E-state index in [0.29, 0.717) is 16.0 Å². The van der Waals surface area contributed by atoms with Crippen LogP contribution in [0.5, 0.6) is 0 Å². The average Bonchev–Trinajstić information content (AvgIpc) is 3.01. The summed E-state index contributed by atoms with van der Waals surface area (Å²) in [5.74, 6) is 0.396. The number of hydrogen-bond acceptors (Lipinski definition) is 4. The molecule has 0 aromatic heterocycles. The molecule has 0 aliphatic carbocycles. The third-order valence-corrected chi connectivity index (χ3v) is 6.57. The number of benzene rings is 2. The van der Waals surface area contributed by atoms with Gasteiger partial charge in [-0.15, -0.1) is 0 Å². The van der Waals surface area contributed by atoms with Crippen LogP contribution in [0.3, 0.4) is 0 Å². The van der Waals surface area contributed by atoms with Gasteiger partial charge < -0.3 is 10.2 Å². The molecule has 1 amide bonds. The molecule has 5 heteroatoms. The van der Waals surface area contributed by atoms with Gasteiger partial charge in [0.2, 0.25) is 0 Å². The number of anilines is 1. The Kier molecular flexibility index (Phi) is 5.26. The second-order valence-electron chi connectivity index (χ2n) is 8.30. The predicted octanol–water partition coefficient (Wildman–Crippen LogP) is 5.69. The topological polar surface area (TPSA) is 44.7 Å². The second kappa shape index (κ2) is 7.71. The lowest BCUT2D eigenvalue weighted by Gasteiger charge is -2.47. The molecule has 2 aliphatic rings. The summed E-state index contributed by atoms with van der Waals surface area (Å²) in [6.45, 7) is 10.1. The lowest BCUT2D eigenvalue weighted by atomic mass is 9.79. The van der Waals surface area contributed by atoms with Gasteiger partial charge in [0.1, 0.15) is 0 Å². The normalized spacial score (nSPS) is 23.4. The molecule has 4 nitrogen and oxygen atoms in total. The maximum absolute atomic E-state index is 12.4. The van der Waals surface area contributed by atoms with Crippen LogP contribution in [-0.4, -0.2) is 23.2 Å². The molecule has 0 bridgehead atoms. The molecular formula is C24H27N3OS. The zero-order valence-electron chi connectivity index (χ0n) is 17.4. The minimum absolute atomic E-state index is 0.0910. The van der Waals surface area contributed by atoms with E-state index < -0.39 is 0 Å². The molecule has 29 heavy (non-hydrogen) atoms. The molecule has 0 radical (unpaired) electrons. The molecule has 2 aliphatic heterocycles. The van der Waals surface area contributed by atoms with Crippen LogP contribution >= 0.6 is 11.8 Å². The number of carbonyl (C=O) groups excluding carboxylic acids is 1. The molecule has 2 aromatic carbocycles. The van der Waals surface area contributed by atoms with E-state index in [1.165, 1.54) is 23.0 Å². The van der Waals surface area contributed by atoms with E-state index in [2.05, 4.69) is 61.1 Å². The molecule has 1 N–H and O–H groups in total. The lowest BCUT2D eigenvalue weighted by molar-refractivity contribution is -0.115. The maximum Gasteiger partial charge on any atom is 0.264 e. The first-order valence-electron chi connectivity index (χ1n) is 10.1. The Morgan fingerprint density at radius 1 is 1.24 bits per heavy atom. The van der Waals surface area contributed by atoms with Gasteiger partial charge in [-0.25, -0.2) is 4.99 Å². The number of nitrogens with zero attached hydrogens (tertiary/aromatic N) is 2. The van der Waals surface area contributed by atoms with E-state index in [0.717, 1.165) is 24.2 Å². The minimum atomic E-state index is -0.0910. The van der Waals surface area contributed by atoms with Crippen molar-refractivity contribution in [1.82, 2.24) is 5.32 Å². The summed E-state index contributed by atoms with van der Waals surface area (Å²) in [7, 11) is 0. The smallest absolute Gasteiger partial charge is 0.264 e. The van der Waals surface area contributed by atoms with Crippen LogP contribution in [-0.2, 0) is 4.79 Å². The summed E-state index contributed by atoms with van der Waals surface area (Å²) in [4.78, 5) is 20.1. The van der Waals surface area contributed by atoms with Crippen LogP contribution in [0.15, 0.2) is 58.4 Å². The van der Waals surface area contributed by atoms with Crippen molar-refractivity contribution in [2.24, 2.45) is 4.99 Å². The van der Waals surface area contributed by atoms with Crippen LogP contribution in [0.4, 0.5) is 11.4 Å². The summed E-state index contributed by atoms with van der Waals surface area (Å²) < 4.78 is 0. The first kappa shape index (κ1) is 19.8. The maximum atomic E-state index is 12.4. The summed E-state index contributed by atoms with van der Waals surface area (Å²) >= 11 is 1.39. The van der Waals surface area contributed by atoms with Gasteiger partial charge in [-0.2, -0.15) is 0 Å². The SMILES string of the molecule is CCN1c2ccc(/C=C3\SC(=Nc4ccccc4)NC3=O)cc2C(C)CC1(C)C. The number of hydrogen-bond donors (Lipinski definition) is 1. The number of aliphatic imine (C=N–C) groups is 1. The standard InChI is InChI=1S/C24H27N3OS/c1-5-27-20-12-11-17(13-19(20)16(2)15-24(27,3)4)14-21-22(28)26-23(29-21)25-18-9-7-6-8-10-18/h6-14,16H,5,15H2,1-4H3,(H,25,26,28)/b21-14-. The van der Waals surface area contributed by atoms with Crippen molar-refractivity contribution >= 4 is 40.3 Å². The van der Waals surface area contributed by atoms with Gasteiger partial charge in [-0.05, 0) is 86.3 Å². The molecule has 2 aromatic rings. The molecule has 150 valence electrons. The third-order valence-electron chi connectivity index (χ3n) is 5.66. The molecule has 2 heterocycles. The van der Waals surface area contributed by atoms with Crippen LogP contribution in [0.2, 0.25) is 0 Å². The number of nitrogens with one attached hydrogen (secondary N) is 1. The number of amides is 1. The predicted molar refractivity (Wildman–Crippen MR) is 124 cm³/mol. The zero-order valence-corrected chi connectivity index (χ0v) is 18.2. The highest BCUT2D eigenvalue weighted by atomic mass is 32.2. The van der Waals surface area contributed by atoms with E-state index in [-0.39, 0.29) is 11.4 Å². The Morgan fingerprint density at radius 3 is 2.72 bits per heavy atom.